The molecule has 7 heteroatoms. The van der Waals surface area contributed by atoms with Crippen molar-refractivity contribution in [3.8, 4) is 0 Å². The van der Waals surface area contributed by atoms with E-state index in [1.807, 2.05) is 13.1 Å². The first kappa shape index (κ1) is 14.9. The molecule has 0 aliphatic carbocycles. The molecule has 0 saturated carbocycles. The molecule has 1 aromatic carbocycles. The third-order valence-electron chi connectivity index (χ3n) is 2.16. The van der Waals surface area contributed by atoms with Crippen molar-refractivity contribution in [1.82, 2.24) is 10.0 Å². The molecule has 0 heterocycles. The molecule has 102 valence electrons. The lowest BCUT2D eigenvalue weighted by Crippen LogP contribution is -2.32. The van der Waals surface area contributed by atoms with Crippen molar-refractivity contribution in [3.05, 3.63) is 29.8 Å². The number of hydrogen-bond donors (Lipinski definition) is 3. The maximum Gasteiger partial charge on any atom is 0.299 e. The van der Waals surface area contributed by atoms with Crippen LogP contribution in [0, 0.1) is 0 Å². The summed E-state index contributed by atoms with van der Waals surface area (Å²) in [5, 5.41) is 3.01. The Morgan fingerprint density at radius 2 is 2.11 bits per heavy atom. The third kappa shape index (κ3) is 5.46. The quantitative estimate of drug-likeness (QED) is 0.595. The highest BCUT2D eigenvalue weighted by atomic mass is 32.2. The van der Waals surface area contributed by atoms with Crippen LogP contribution in [0.15, 0.2) is 24.3 Å². The molecule has 0 aromatic heterocycles. The first-order chi connectivity index (χ1) is 8.57. The lowest BCUT2D eigenvalue weighted by Gasteiger charge is -2.10. The van der Waals surface area contributed by atoms with Crippen molar-refractivity contribution in [2.24, 2.45) is 0 Å². The molecule has 6 nitrogen and oxygen atoms in total. The summed E-state index contributed by atoms with van der Waals surface area (Å²) >= 11 is 0. The predicted molar refractivity (Wildman–Crippen MR) is 71.6 cm³/mol. The highest BCUT2D eigenvalue weighted by Gasteiger charge is 2.08. The number of rotatable bonds is 8. The van der Waals surface area contributed by atoms with Gasteiger partial charge in [0.25, 0.3) is 10.2 Å². The van der Waals surface area contributed by atoms with Crippen molar-refractivity contribution in [2.45, 2.75) is 6.54 Å². The molecule has 0 aliphatic heterocycles. The molecule has 18 heavy (non-hydrogen) atoms. The summed E-state index contributed by atoms with van der Waals surface area (Å²) in [6.07, 6.45) is 0. The summed E-state index contributed by atoms with van der Waals surface area (Å²) in [4.78, 5) is 0. The summed E-state index contributed by atoms with van der Waals surface area (Å²) < 4.78 is 32.9. The van der Waals surface area contributed by atoms with E-state index in [0.717, 1.165) is 5.56 Å². The van der Waals surface area contributed by atoms with E-state index in [1.54, 1.807) is 18.2 Å². The Bertz CT molecular complexity index is 462. The third-order valence-corrected chi connectivity index (χ3v) is 3.25. The van der Waals surface area contributed by atoms with Crippen LogP contribution in [0.2, 0.25) is 0 Å². The van der Waals surface area contributed by atoms with Crippen LogP contribution in [0.25, 0.3) is 0 Å². The summed E-state index contributed by atoms with van der Waals surface area (Å²) in [5.74, 6) is 0. The smallest absolute Gasteiger partial charge is 0.299 e. The Morgan fingerprint density at radius 3 is 2.78 bits per heavy atom. The van der Waals surface area contributed by atoms with Crippen LogP contribution in [0.5, 0.6) is 0 Å². The molecule has 0 saturated heterocycles. The number of nitrogens with one attached hydrogen (secondary N) is 3. The van der Waals surface area contributed by atoms with E-state index in [1.165, 1.54) is 7.11 Å². The normalized spacial score (nSPS) is 11.4. The molecule has 0 atom stereocenters. The van der Waals surface area contributed by atoms with Gasteiger partial charge in [-0.25, -0.2) is 0 Å². The zero-order valence-electron chi connectivity index (χ0n) is 10.6. The largest absolute Gasteiger partial charge is 0.383 e. The first-order valence-electron chi connectivity index (χ1n) is 5.57. The zero-order valence-corrected chi connectivity index (χ0v) is 11.4. The molecule has 0 bridgehead atoms. The topological polar surface area (TPSA) is 79.5 Å². The van der Waals surface area contributed by atoms with Crippen LogP contribution < -0.4 is 14.8 Å². The van der Waals surface area contributed by atoms with Gasteiger partial charge in [0.1, 0.15) is 0 Å². The Hall–Kier alpha value is -1.15. The van der Waals surface area contributed by atoms with Crippen LogP contribution in [-0.4, -0.2) is 35.7 Å². The van der Waals surface area contributed by atoms with Gasteiger partial charge in [-0.15, -0.1) is 0 Å². The van der Waals surface area contributed by atoms with Gasteiger partial charge in [0, 0.05) is 20.2 Å². The van der Waals surface area contributed by atoms with Gasteiger partial charge >= 0.3 is 0 Å². The minimum Gasteiger partial charge on any atom is -0.383 e. The number of ether oxygens (including phenoxy) is 1. The number of anilines is 1. The molecule has 0 radical (unpaired) electrons. The van der Waals surface area contributed by atoms with E-state index in [9.17, 15) is 8.42 Å². The van der Waals surface area contributed by atoms with Gasteiger partial charge in [0.2, 0.25) is 0 Å². The van der Waals surface area contributed by atoms with Gasteiger partial charge in [-0.05, 0) is 24.7 Å². The van der Waals surface area contributed by atoms with E-state index >= 15 is 0 Å². The van der Waals surface area contributed by atoms with Crippen molar-refractivity contribution >= 4 is 15.9 Å². The molecule has 1 aromatic rings. The Kier molecular flexibility index (Phi) is 6.06. The highest BCUT2D eigenvalue weighted by Crippen LogP contribution is 2.11. The molecule has 0 aliphatic rings. The maximum absolute atomic E-state index is 11.7. The lowest BCUT2D eigenvalue weighted by atomic mass is 10.2. The minimum absolute atomic E-state index is 0.238. The van der Waals surface area contributed by atoms with Crippen LogP contribution in [-0.2, 0) is 21.5 Å². The van der Waals surface area contributed by atoms with Gasteiger partial charge in [0.15, 0.2) is 0 Å². The number of benzene rings is 1. The molecule has 0 unspecified atom stereocenters. The van der Waals surface area contributed by atoms with Gasteiger partial charge in [-0.3, -0.25) is 4.72 Å². The van der Waals surface area contributed by atoms with Gasteiger partial charge < -0.3 is 10.1 Å². The van der Waals surface area contributed by atoms with Gasteiger partial charge in [-0.2, -0.15) is 13.1 Å². The minimum atomic E-state index is -3.54. The van der Waals surface area contributed by atoms with E-state index < -0.39 is 10.2 Å². The molecular formula is C11H19N3O3S. The summed E-state index contributed by atoms with van der Waals surface area (Å²) in [6.45, 7) is 1.26. The molecule has 0 amide bonds. The van der Waals surface area contributed by atoms with E-state index in [-0.39, 0.29) is 6.54 Å². The van der Waals surface area contributed by atoms with E-state index in [4.69, 9.17) is 4.74 Å². The standard InChI is InChI=1S/C11H19N3O3S/c1-12-9-10-4-3-5-11(8-10)14-18(15,16)13-6-7-17-2/h3-5,8,12-14H,6-7,9H2,1-2H3. The summed E-state index contributed by atoms with van der Waals surface area (Å²) in [6, 6.07) is 7.22. The second-order valence-corrected chi connectivity index (χ2v) is 5.22. The van der Waals surface area contributed by atoms with Crippen LogP contribution in [0.4, 0.5) is 5.69 Å². The molecule has 3 N–H and O–H groups in total. The van der Waals surface area contributed by atoms with Crippen LogP contribution >= 0.6 is 0 Å². The summed E-state index contributed by atoms with van der Waals surface area (Å²) in [7, 11) is -0.186. The SMILES string of the molecule is CNCc1cccc(NS(=O)(=O)NCCOC)c1. The maximum atomic E-state index is 11.7. The molecule has 0 spiro atoms. The lowest BCUT2D eigenvalue weighted by molar-refractivity contribution is 0.204. The van der Waals surface area contributed by atoms with E-state index in [0.29, 0.717) is 18.8 Å². The van der Waals surface area contributed by atoms with Crippen LogP contribution in [0.3, 0.4) is 0 Å². The van der Waals surface area contributed by atoms with Crippen molar-refractivity contribution in [2.75, 3.05) is 32.0 Å². The van der Waals surface area contributed by atoms with Crippen molar-refractivity contribution < 1.29 is 13.2 Å². The average molecular weight is 273 g/mol. The zero-order chi connectivity index (χ0) is 13.4. The molecule has 1 rings (SSSR count). The second-order valence-electron chi connectivity index (χ2n) is 3.72. The molecular weight excluding hydrogens is 254 g/mol. The molecule has 0 fully saturated rings. The first-order valence-corrected chi connectivity index (χ1v) is 7.05. The second kappa shape index (κ2) is 7.32. The Labute approximate surface area is 108 Å². The van der Waals surface area contributed by atoms with Crippen LogP contribution in [0.1, 0.15) is 5.56 Å². The Morgan fingerprint density at radius 1 is 1.33 bits per heavy atom. The fourth-order valence-electron chi connectivity index (χ4n) is 1.42. The highest BCUT2D eigenvalue weighted by molar-refractivity contribution is 7.90. The van der Waals surface area contributed by atoms with Gasteiger partial charge in [0.05, 0.1) is 12.3 Å². The van der Waals surface area contributed by atoms with Crippen molar-refractivity contribution in [3.63, 3.8) is 0 Å². The fourth-order valence-corrected chi connectivity index (χ4v) is 2.28. The number of methoxy groups -OCH3 is 1. The monoisotopic (exact) mass is 273 g/mol. The van der Waals surface area contributed by atoms with E-state index in [2.05, 4.69) is 14.8 Å². The predicted octanol–water partition coefficient (Wildman–Crippen LogP) is 0.299. The fraction of sp³-hybridized carbons (Fsp3) is 0.455. The number of hydrogen-bond acceptors (Lipinski definition) is 4. The Balaban J connectivity index is 2.62. The average Bonchev–Trinajstić information content (AvgIpc) is 2.29. The summed E-state index contributed by atoms with van der Waals surface area (Å²) in [5.41, 5.74) is 1.54. The van der Waals surface area contributed by atoms with Crippen molar-refractivity contribution in [1.29, 1.82) is 0 Å². The van der Waals surface area contributed by atoms with Gasteiger partial charge in [-0.1, -0.05) is 12.1 Å².